The second kappa shape index (κ2) is 9.10. The lowest BCUT2D eigenvalue weighted by atomic mass is 10.2. The van der Waals surface area contributed by atoms with Gasteiger partial charge >= 0.3 is 0 Å². The van der Waals surface area contributed by atoms with Crippen molar-refractivity contribution in [2.24, 2.45) is 0 Å². The lowest BCUT2D eigenvalue weighted by Crippen LogP contribution is -2.32. The number of amides is 2. The number of imide groups is 1. The molecule has 0 spiro atoms. The van der Waals surface area contributed by atoms with Gasteiger partial charge in [0.1, 0.15) is 5.82 Å². The van der Waals surface area contributed by atoms with Crippen LogP contribution in [0.3, 0.4) is 0 Å². The van der Waals surface area contributed by atoms with E-state index in [-0.39, 0.29) is 22.8 Å². The summed E-state index contributed by atoms with van der Waals surface area (Å²) in [6, 6.07) is 20.9. The normalized spacial score (nSPS) is 15.0. The summed E-state index contributed by atoms with van der Waals surface area (Å²) < 4.78 is 1.44. The van der Waals surface area contributed by atoms with Crippen molar-refractivity contribution in [1.29, 1.82) is 0 Å². The van der Waals surface area contributed by atoms with Gasteiger partial charge in [-0.25, -0.2) is 4.98 Å². The first-order chi connectivity index (χ1) is 16.4. The zero-order valence-corrected chi connectivity index (χ0v) is 19.8. The highest BCUT2D eigenvalue weighted by atomic mass is 35.5. The first kappa shape index (κ1) is 22.4. The third kappa shape index (κ3) is 4.14. The Balaban J connectivity index is 1.57. The van der Waals surface area contributed by atoms with Gasteiger partial charge in [0.25, 0.3) is 16.7 Å². The monoisotopic (exact) mass is 507 g/mol. The molecule has 0 N–H and O–H groups in total. The molecule has 2 amide bonds. The van der Waals surface area contributed by atoms with Gasteiger partial charge in [-0.15, -0.1) is 0 Å². The van der Waals surface area contributed by atoms with E-state index in [1.165, 1.54) is 4.57 Å². The number of nitrogens with zero attached hydrogens (tertiary/aromatic N) is 3. The van der Waals surface area contributed by atoms with Crippen LogP contribution in [0.2, 0.25) is 10.0 Å². The van der Waals surface area contributed by atoms with Crippen LogP contribution in [0.25, 0.3) is 22.7 Å². The minimum absolute atomic E-state index is 0.161. The van der Waals surface area contributed by atoms with E-state index in [0.29, 0.717) is 32.2 Å². The smallest absolute Gasteiger partial charge is 0.268 e. The molecule has 0 radical (unpaired) electrons. The van der Waals surface area contributed by atoms with E-state index in [1.807, 2.05) is 6.07 Å². The summed E-state index contributed by atoms with van der Waals surface area (Å²) in [6.45, 7) is -0.161. The van der Waals surface area contributed by atoms with Gasteiger partial charge in [0.2, 0.25) is 0 Å². The summed E-state index contributed by atoms with van der Waals surface area (Å²) in [6.07, 6.45) is 1.56. The quantitative estimate of drug-likeness (QED) is 0.320. The molecule has 3 aromatic carbocycles. The van der Waals surface area contributed by atoms with Gasteiger partial charge < -0.3 is 0 Å². The fraction of sp³-hybridized carbons (Fsp3) is 0.0400. The summed E-state index contributed by atoms with van der Waals surface area (Å²) in [7, 11) is 0. The number of halogens is 2. The number of rotatable bonds is 4. The molecule has 4 aromatic rings. The van der Waals surface area contributed by atoms with E-state index in [9.17, 15) is 14.4 Å². The van der Waals surface area contributed by atoms with Crippen LogP contribution in [-0.4, -0.2) is 25.6 Å². The second-order valence-corrected chi connectivity index (χ2v) is 9.29. The Hall–Kier alpha value is -3.39. The van der Waals surface area contributed by atoms with Crippen molar-refractivity contribution in [3.05, 3.63) is 109 Å². The van der Waals surface area contributed by atoms with E-state index in [1.54, 1.807) is 72.8 Å². The zero-order valence-electron chi connectivity index (χ0n) is 17.4. The lowest BCUT2D eigenvalue weighted by Gasteiger charge is -2.17. The molecule has 168 valence electrons. The van der Waals surface area contributed by atoms with Gasteiger partial charge in [-0.1, -0.05) is 59.6 Å². The van der Waals surface area contributed by atoms with Gasteiger partial charge in [-0.05, 0) is 59.8 Å². The van der Waals surface area contributed by atoms with Gasteiger partial charge in [-0.3, -0.25) is 23.9 Å². The molecule has 2 heterocycles. The number of carbonyl (C=O) groups is 2. The largest absolute Gasteiger partial charge is 0.293 e. The van der Waals surface area contributed by atoms with E-state index < -0.39 is 11.1 Å². The standard InChI is InChI=1S/C25H15Cl2N3O3S/c26-16-11-10-15(19(27)13-16)12-21-24(32)29(25(33)34-21)14-22-28-20-9-5-4-8-18(20)23(31)30(22)17-6-2-1-3-7-17/h1-13H,14H2/b21-12+. The van der Waals surface area contributed by atoms with E-state index >= 15 is 0 Å². The summed E-state index contributed by atoms with van der Waals surface area (Å²) in [5.41, 5.74) is 1.38. The van der Waals surface area contributed by atoms with E-state index in [4.69, 9.17) is 23.2 Å². The van der Waals surface area contributed by atoms with Crippen molar-refractivity contribution >= 4 is 63.1 Å². The first-order valence-corrected chi connectivity index (χ1v) is 11.8. The summed E-state index contributed by atoms with van der Waals surface area (Å²) in [5, 5.41) is 0.829. The van der Waals surface area contributed by atoms with Crippen LogP contribution in [0, 0.1) is 0 Å². The van der Waals surface area contributed by atoms with Gasteiger partial charge in [0.05, 0.1) is 28.0 Å². The molecule has 1 aliphatic heterocycles. The molecular formula is C25H15Cl2N3O3S. The highest BCUT2D eigenvalue weighted by Crippen LogP contribution is 2.35. The average Bonchev–Trinajstić information content (AvgIpc) is 3.09. The van der Waals surface area contributed by atoms with Crippen molar-refractivity contribution in [2.75, 3.05) is 0 Å². The molecule has 1 aliphatic rings. The number of hydrogen-bond donors (Lipinski definition) is 0. The molecule has 6 nitrogen and oxygen atoms in total. The molecule has 0 aliphatic carbocycles. The Morgan fingerprint density at radius 3 is 2.41 bits per heavy atom. The molecular weight excluding hydrogens is 493 g/mol. The molecule has 0 unspecified atom stereocenters. The molecule has 0 atom stereocenters. The van der Waals surface area contributed by atoms with Crippen LogP contribution in [0.5, 0.6) is 0 Å². The Morgan fingerprint density at radius 2 is 1.65 bits per heavy atom. The Morgan fingerprint density at radius 1 is 0.912 bits per heavy atom. The number of para-hydroxylation sites is 2. The number of hydrogen-bond acceptors (Lipinski definition) is 5. The molecule has 1 saturated heterocycles. The number of thioether (sulfide) groups is 1. The molecule has 1 fully saturated rings. The van der Waals surface area contributed by atoms with Crippen LogP contribution >= 0.6 is 35.0 Å². The summed E-state index contributed by atoms with van der Waals surface area (Å²) in [5.74, 6) is -0.203. The number of benzene rings is 3. The van der Waals surface area contributed by atoms with Crippen molar-refractivity contribution in [3.8, 4) is 5.69 Å². The van der Waals surface area contributed by atoms with E-state index in [0.717, 1.165) is 16.7 Å². The summed E-state index contributed by atoms with van der Waals surface area (Å²) >= 11 is 13.0. The van der Waals surface area contributed by atoms with Crippen LogP contribution in [0.1, 0.15) is 11.4 Å². The predicted octanol–water partition coefficient (Wildman–Crippen LogP) is 5.93. The highest BCUT2D eigenvalue weighted by Gasteiger charge is 2.36. The molecule has 0 saturated carbocycles. The maximum absolute atomic E-state index is 13.3. The minimum atomic E-state index is -0.483. The topological polar surface area (TPSA) is 72.3 Å². The molecule has 1 aromatic heterocycles. The Bertz CT molecular complexity index is 1550. The van der Waals surface area contributed by atoms with Crippen LogP contribution in [-0.2, 0) is 11.3 Å². The highest BCUT2D eigenvalue weighted by molar-refractivity contribution is 8.18. The maximum atomic E-state index is 13.3. The molecule has 5 rings (SSSR count). The second-order valence-electron chi connectivity index (χ2n) is 7.45. The van der Waals surface area contributed by atoms with Gasteiger partial charge in [0, 0.05) is 10.0 Å². The fourth-order valence-electron chi connectivity index (χ4n) is 3.67. The van der Waals surface area contributed by atoms with Crippen LogP contribution in [0.15, 0.2) is 82.5 Å². The first-order valence-electron chi connectivity index (χ1n) is 10.2. The SMILES string of the molecule is O=C1S/C(=C/c2ccc(Cl)cc2Cl)C(=O)N1Cc1nc2ccccc2c(=O)n1-c1ccccc1. The average molecular weight is 508 g/mol. The van der Waals surface area contributed by atoms with Crippen LogP contribution < -0.4 is 5.56 Å². The van der Waals surface area contributed by atoms with Gasteiger partial charge in [-0.2, -0.15) is 0 Å². The van der Waals surface area contributed by atoms with Crippen molar-refractivity contribution in [3.63, 3.8) is 0 Å². The van der Waals surface area contributed by atoms with Crippen molar-refractivity contribution in [2.45, 2.75) is 6.54 Å². The number of aromatic nitrogens is 2. The number of fused-ring (bicyclic) bond motifs is 1. The van der Waals surface area contributed by atoms with E-state index in [2.05, 4.69) is 4.98 Å². The Kier molecular flexibility index (Phi) is 6.00. The predicted molar refractivity (Wildman–Crippen MR) is 135 cm³/mol. The minimum Gasteiger partial charge on any atom is -0.268 e. The molecule has 9 heteroatoms. The van der Waals surface area contributed by atoms with Gasteiger partial charge in [0.15, 0.2) is 0 Å². The third-order valence-electron chi connectivity index (χ3n) is 5.28. The van der Waals surface area contributed by atoms with Crippen molar-refractivity contribution in [1.82, 2.24) is 14.5 Å². The fourth-order valence-corrected chi connectivity index (χ4v) is 4.96. The molecule has 0 bridgehead atoms. The lowest BCUT2D eigenvalue weighted by molar-refractivity contribution is -0.123. The Labute approximate surface area is 208 Å². The number of carbonyl (C=O) groups excluding carboxylic acids is 2. The van der Waals surface area contributed by atoms with Crippen LogP contribution in [0.4, 0.5) is 4.79 Å². The molecule has 34 heavy (non-hydrogen) atoms. The van der Waals surface area contributed by atoms with Crippen molar-refractivity contribution < 1.29 is 9.59 Å². The zero-order chi connectivity index (χ0) is 23.8. The third-order valence-corrected chi connectivity index (χ3v) is 6.75. The summed E-state index contributed by atoms with van der Waals surface area (Å²) in [4.78, 5) is 45.2. The maximum Gasteiger partial charge on any atom is 0.293 e.